The van der Waals surface area contributed by atoms with Crippen LogP contribution in [-0.4, -0.2) is 29.1 Å². The van der Waals surface area contributed by atoms with Gasteiger partial charge in [-0.05, 0) is 12.5 Å². The molecule has 2 atom stereocenters. The van der Waals surface area contributed by atoms with E-state index in [-0.39, 0.29) is 11.8 Å². The van der Waals surface area contributed by atoms with Crippen LogP contribution >= 0.6 is 0 Å². The molecule has 0 aliphatic carbocycles. The summed E-state index contributed by atoms with van der Waals surface area (Å²) in [7, 11) is 0. The first-order valence-corrected chi connectivity index (χ1v) is 5.44. The molecule has 1 aromatic rings. The standard InChI is InChI=1S/C10H16N4O2/c1-6-3-11-4-8(6)10(15)12-5-9-13-7(2)16-14-9/h6,8,11H,3-5H2,1-2H3,(H,12,15)/t6-,8-/m1/s1. The first-order valence-electron chi connectivity index (χ1n) is 5.44. The van der Waals surface area contributed by atoms with Crippen LogP contribution in [0.5, 0.6) is 0 Å². The molecule has 1 amide bonds. The Balaban J connectivity index is 1.83. The first-order chi connectivity index (χ1) is 7.66. The second kappa shape index (κ2) is 4.61. The zero-order chi connectivity index (χ0) is 11.5. The molecule has 1 aliphatic rings. The maximum atomic E-state index is 11.8. The van der Waals surface area contributed by atoms with Crippen LogP contribution in [0.3, 0.4) is 0 Å². The summed E-state index contributed by atoms with van der Waals surface area (Å²) in [5.74, 6) is 1.52. The average molecular weight is 224 g/mol. The first kappa shape index (κ1) is 11.1. The second-order valence-corrected chi connectivity index (χ2v) is 4.19. The smallest absolute Gasteiger partial charge is 0.225 e. The number of amides is 1. The van der Waals surface area contributed by atoms with Gasteiger partial charge < -0.3 is 15.2 Å². The molecule has 16 heavy (non-hydrogen) atoms. The third-order valence-electron chi connectivity index (χ3n) is 2.84. The van der Waals surface area contributed by atoms with E-state index in [0.29, 0.717) is 24.2 Å². The Morgan fingerprint density at radius 3 is 3.00 bits per heavy atom. The molecule has 0 aromatic carbocycles. The predicted molar refractivity (Wildman–Crippen MR) is 56.4 cm³/mol. The van der Waals surface area contributed by atoms with E-state index < -0.39 is 0 Å². The van der Waals surface area contributed by atoms with Crippen LogP contribution in [0.25, 0.3) is 0 Å². The molecule has 0 unspecified atom stereocenters. The summed E-state index contributed by atoms with van der Waals surface area (Å²) in [6.07, 6.45) is 0. The molecule has 1 fully saturated rings. The Labute approximate surface area is 93.8 Å². The molecular weight excluding hydrogens is 208 g/mol. The van der Waals surface area contributed by atoms with Gasteiger partial charge in [-0.1, -0.05) is 12.1 Å². The molecule has 6 nitrogen and oxygen atoms in total. The number of aryl methyl sites for hydroxylation is 1. The van der Waals surface area contributed by atoms with Crippen LogP contribution in [0.1, 0.15) is 18.6 Å². The van der Waals surface area contributed by atoms with E-state index >= 15 is 0 Å². The number of hydrogen-bond donors (Lipinski definition) is 2. The van der Waals surface area contributed by atoms with Crippen LogP contribution < -0.4 is 10.6 Å². The summed E-state index contributed by atoms with van der Waals surface area (Å²) in [6, 6.07) is 0. The van der Waals surface area contributed by atoms with E-state index in [4.69, 9.17) is 4.52 Å². The van der Waals surface area contributed by atoms with Gasteiger partial charge >= 0.3 is 0 Å². The molecule has 88 valence electrons. The quantitative estimate of drug-likeness (QED) is 0.746. The van der Waals surface area contributed by atoms with Crippen LogP contribution in [-0.2, 0) is 11.3 Å². The summed E-state index contributed by atoms with van der Waals surface area (Å²) < 4.78 is 4.82. The van der Waals surface area contributed by atoms with Gasteiger partial charge in [0, 0.05) is 13.5 Å². The van der Waals surface area contributed by atoms with Gasteiger partial charge in [-0.3, -0.25) is 4.79 Å². The Bertz CT molecular complexity index is 377. The maximum Gasteiger partial charge on any atom is 0.225 e. The van der Waals surface area contributed by atoms with Crippen LogP contribution in [0.2, 0.25) is 0 Å². The molecule has 0 spiro atoms. The third-order valence-corrected chi connectivity index (χ3v) is 2.84. The second-order valence-electron chi connectivity index (χ2n) is 4.19. The normalized spacial score (nSPS) is 24.6. The fourth-order valence-electron chi connectivity index (χ4n) is 1.87. The SMILES string of the molecule is Cc1nc(CNC(=O)[C@@H]2CNC[C@H]2C)no1. The number of nitrogens with zero attached hydrogens (tertiary/aromatic N) is 2. The number of rotatable bonds is 3. The molecule has 6 heteroatoms. The van der Waals surface area contributed by atoms with E-state index in [1.807, 2.05) is 0 Å². The molecule has 1 saturated heterocycles. The summed E-state index contributed by atoms with van der Waals surface area (Å²) >= 11 is 0. The van der Waals surface area contributed by atoms with Gasteiger partial charge in [0.15, 0.2) is 5.82 Å². The Hall–Kier alpha value is -1.43. The lowest BCUT2D eigenvalue weighted by molar-refractivity contribution is -0.125. The van der Waals surface area contributed by atoms with Crippen molar-refractivity contribution in [1.82, 2.24) is 20.8 Å². The number of carbonyl (C=O) groups excluding carboxylic acids is 1. The van der Waals surface area contributed by atoms with Gasteiger partial charge in [0.2, 0.25) is 11.8 Å². The molecule has 0 radical (unpaired) electrons. The molecule has 2 heterocycles. The van der Waals surface area contributed by atoms with Gasteiger partial charge in [-0.2, -0.15) is 4.98 Å². The minimum Gasteiger partial charge on any atom is -0.348 e. The van der Waals surface area contributed by atoms with Gasteiger partial charge in [0.05, 0.1) is 12.5 Å². The van der Waals surface area contributed by atoms with Gasteiger partial charge in [0.25, 0.3) is 0 Å². The minimum absolute atomic E-state index is 0.0491. The van der Waals surface area contributed by atoms with Crippen molar-refractivity contribution in [3.8, 4) is 0 Å². The lowest BCUT2D eigenvalue weighted by atomic mass is 9.97. The van der Waals surface area contributed by atoms with E-state index in [1.54, 1.807) is 6.92 Å². The summed E-state index contributed by atoms with van der Waals surface area (Å²) in [5.41, 5.74) is 0. The fraction of sp³-hybridized carbons (Fsp3) is 0.700. The maximum absolute atomic E-state index is 11.8. The predicted octanol–water partition coefficient (Wildman–Crippen LogP) is -0.150. The zero-order valence-corrected chi connectivity index (χ0v) is 9.49. The van der Waals surface area contributed by atoms with Crippen molar-refractivity contribution in [3.05, 3.63) is 11.7 Å². The average Bonchev–Trinajstić information content (AvgIpc) is 2.84. The zero-order valence-electron chi connectivity index (χ0n) is 9.49. The lowest BCUT2D eigenvalue weighted by Crippen LogP contribution is -2.34. The molecule has 2 N–H and O–H groups in total. The van der Waals surface area contributed by atoms with E-state index in [9.17, 15) is 4.79 Å². The molecule has 2 rings (SSSR count). The van der Waals surface area contributed by atoms with Gasteiger partial charge in [0.1, 0.15) is 0 Å². The monoisotopic (exact) mass is 224 g/mol. The van der Waals surface area contributed by atoms with Crippen molar-refractivity contribution in [3.63, 3.8) is 0 Å². The van der Waals surface area contributed by atoms with E-state index in [2.05, 4.69) is 27.7 Å². The fourth-order valence-corrected chi connectivity index (χ4v) is 1.87. The minimum atomic E-state index is 0.0491. The topological polar surface area (TPSA) is 80.0 Å². The van der Waals surface area contributed by atoms with Crippen molar-refractivity contribution >= 4 is 5.91 Å². The van der Waals surface area contributed by atoms with Gasteiger partial charge in [-0.25, -0.2) is 0 Å². The Morgan fingerprint density at radius 2 is 2.44 bits per heavy atom. The molecular formula is C10H16N4O2. The number of carbonyl (C=O) groups is 1. The highest BCUT2D eigenvalue weighted by atomic mass is 16.5. The van der Waals surface area contributed by atoms with E-state index in [0.717, 1.165) is 13.1 Å². The molecule has 0 bridgehead atoms. The van der Waals surface area contributed by atoms with Crippen molar-refractivity contribution < 1.29 is 9.32 Å². The van der Waals surface area contributed by atoms with Crippen LogP contribution in [0.4, 0.5) is 0 Å². The molecule has 1 aliphatic heterocycles. The van der Waals surface area contributed by atoms with Crippen molar-refractivity contribution in [1.29, 1.82) is 0 Å². The van der Waals surface area contributed by atoms with Crippen LogP contribution in [0, 0.1) is 18.8 Å². The van der Waals surface area contributed by atoms with Crippen molar-refractivity contribution in [2.75, 3.05) is 13.1 Å². The molecule has 1 aromatic heterocycles. The lowest BCUT2D eigenvalue weighted by Gasteiger charge is -2.12. The summed E-state index contributed by atoms with van der Waals surface area (Å²) in [4.78, 5) is 15.8. The largest absolute Gasteiger partial charge is 0.348 e. The van der Waals surface area contributed by atoms with Crippen LogP contribution in [0.15, 0.2) is 4.52 Å². The third kappa shape index (κ3) is 2.38. The number of hydrogen-bond acceptors (Lipinski definition) is 5. The Morgan fingerprint density at radius 1 is 1.62 bits per heavy atom. The highest BCUT2D eigenvalue weighted by Crippen LogP contribution is 2.15. The van der Waals surface area contributed by atoms with Gasteiger partial charge in [-0.15, -0.1) is 0 Å². The summed E-state index contributed by atoms with van der Waals surface area (Å²) in [6.45, 7) is 5.78. The van der Waals surface area contributed by atoms with Crippen molar-refractivity contribution in [2.24, 2.45) is 11.8 Å². The van der Waals surface area contributed by atoms with E-state index in [1.165, 1.54) is 0 Å². The number of nitrogens with one attached hydrogen (secondary N) is 2. The highest BCUT2D eigenvalue weighted by Gasteiger charge is 2.29. The number of aromatic nitrogens is 2. The molecule has 0 saturated carbocycles. The van der Waals surface area contributed by atoms with Crippen molar-refractivity contribution in [2.45, 2.75) is 20.4 Å². The highest BCUT2D eigenvalue weighted by molar-refractivity contribution is 5.79. The Kier molecular flexibility index (Phi) is 3.19. The summed E-state index contributed by atoms with van der Waals surface area (Å²) in [5, 5.41) is 9.73.